The van der Waals surface area contributed by atoms with Gasteiger partial charge in [-0.1, -0.05) is 0 Å². The molecule has 2 nitrogen and oxygen atoms in total. The molecule has 0 spiro atoms. The normalized spacial score (nSPS) is 11.1. The first-order chi connectivity index (χ1) is 7.65. The lowest BCUT2D eigenvalue weighted by atomic mass is 10.1. The Morgan fingerprint density at radius 1 is 1.00 bits per heavy atom. The summed E-state index contributed by atoms with van der Waals surface area (Å²) in [5, 5.41) is 0. The van der Waals surface area contributed by atoms with Crippen molar-refractivity contribution in [2.75, 3.05) is 13.2 Å². The van der Waals surface area contributed by atoms with Crippen molar-refractivity contribution in [3.8, 4) is 0 Å². The van der Waals surface area contributed by atoms with Gasteiger partial charge in [0.25, 0.3) is 0 Å². The van der Waals surface area contributed by atoms with E-state index in [0.29, 0.717) is 25.2 Å². The van der Waals surface area contributed by atoms with Crippen LogP contribution in [0.4, 0.5) is 8.78 Å². The van der Waals surface area contributed by atoms with E-state index in [-0.39, 0.29) is 0 Å². The monoisotopic (exact) mass is 230 g/mol. The Morgan fingerprint density at radius 2 is 1.50 bits per heavy atom. The van der Waals surface area contributed by atoms with E-state index in [1.807, 2.05) is 13.8 Å². The molecule has 0 fully saturated rings. The quantitative estimate of drug-likeness (QED) is 0.699. The summed E-state index contributed by atoms with van der Waals surface area (Å²) in [6.45, 7) is 4.70. The highest BCUT2D eigenvalue weighted by Gasteiger charge is 2.10. The smallest absolute Gasteiger partial charge is 0.161 e. The molecule has 0 heterocycles. The maximum absolute atomic E-state index is 12.9. The maximum Gasteiger partial charge on any atom is 0.161 e. The second-order valence-corrected chi connectivity index (χ2v) is 3.32. The van der Waals surface area contributed by atoms with Crippen molar-refractivity contribution in [2.45, 2.75) is 26.6 Å². The third kappa shape index (κ3) is 4.24. The standard InChI is InChI=1S/C12H16F2O2/c1-3-15-12(16-4-2)7-9-5-10(13)8-11(14)6-9/h5-6,8,12H,3-4,7H2,1-2H3. The lowest BCUT2D eigenvalue weighted by Gasteiger charge is -2.16. The molecular formula is C12H16F2O2. The third-order valence-electron chi connectivity index (χ3n) is 2.03. The molecule has 1 aromatic rings. The summed E-state index contributed by atoms with van der Waals surface area (Å²) in [4.78, 5) is 0. The summed E-state index contributed by atoms with van der Waals surface area (Å²) in [5.41, 5.74) is 0.532. The van der Waals surface area contributed by atoms with E-state index in [0.717, 1.165) is 6.07 Å². The minimum absolute atomic E-state index is 0.344. The van der Waals surface area contributed by atoms with Crippen LogP contribution in [0, 0.1) is 11.6 Å². The molecule has 90 valence electrons. The van der Waals surface area contributed by atoms with Crippen LogP contribution in [-0.2, 0) is 15.9 Å². The van der Waals surface area contributed by atoms with Crippen LogP contribution in [-0.4, -0.2) is 19.5 Å². The zero-order chi connectivity index (χ0) is 12.0. The molecule has 0 aliphatic carbocycles. The van der Waals surface area contributed by atoms with Crippen LogP contribution in [0.5, 0.6) is 0 Å². The minimum atomic E-state index is -0.582. The highest BCUT2D eigenvalue weighted by molar-refractivity contribution is 5.18. The molecule has 0 atom stereocenters. The number of hydrogen-bond donors (Lipinski definition) is 0. The minimum Gasteiger partial charge on any atom is -0.353 e. The van der Waals surface area contributed by atoms with Crippen molar-refractivity contribution >= 4 is 0 Å². The van der Waals surface area contributed by atoms with Crippen molar-refractivity contribution in [1.29, 1.82) is 0 Å². The van der Waals surface area contributed by atoms with E-state index in [1.54, 1.807) is 0 Å². The van der Waals surface area contributed by atoms with Crippen LogP contribution in [0.3, 0.4) is 0 Å². The molecule has 0 aliphatic heterocycles. The van der Waals surface area contributed by atoms with Gasteiger partial charge in [0.05, 0.1) is 0 Å². The van der Waals surface area contributed by atoms with Crippen molar-refractivity contribution in [1.82, 2.24) is 0 Å². The van der Waals surface area contributed by atoms with Crippen LogP contribution < -0.4 is 0 Å². The fourth-order valence-corrected chi connectivity index (χ4v) is 1.46. The lowest BCUT2D eigenvalue weighted by Crippen LogP contribution is -2.20. The van der Waals surface area contributed by atoms with E-state index in [9.17, 15) is 8.78 Å². The van der Waals surface area contributed by atoms with Gasteiger partial charge >= 0.3 is 0 Å². The van der Waals surface area contributed by atoms with Crippen LogP contribution in [0.25, 0.3) is 0 Å². The topological polar surface area (TPSA) is 18.5 Å². The fraction of sp³-hybridized carbons (Fsp3) is 0.500. The summed E-state index contributed by atoms with van der Waals surface area (Å²) in [7, 11) is 0. The molecule has 0 amide bonds. The van der Waals surface area contributed by atoms with Gasteiger partial charge in [-0.2, -0.15) is 0 Å². The van der Waals surface area contributed by atoms with Gasteiger partial charge in [0.1, 0.15) is 11.6 Å². The highest BCUT2D eigenvalue weighted by Crippen LogP contribution is 2.12. The summed E-state index contributed by atoms with van der Waals surface area (Å²) in [5.74, 6) is -1.16. The van der Waals surface area contributed by atoms with Crippen LogP contribution in [0.2, 0.25) is 0 Å². The van der Waals surface area contributed by atoms with Gasteiger partial charge < -0.3 is 9.47 Å². The second-order valence-electron chi connectivity index (χ2n) is 3.32. The Kier molecular flexibility index (Phi) is 5.35. The van der Waals surface area contributed by atoms with Crippen LogP contribution in [0.1, 0.15) is 19.4 Å². The molecule has 0 aliphatic rings. The summed E-state index contributed by atoms with van der Waals surface area (Å²) < 4.78 is 36.5. The van der Waals surface area contributed by atoms with Gasteiger partial charge in [-0.15, -0.1) is 0 Å². The van der Waals surface area contributed by atoms with Crippen LogP contribution >= 0.6 is 0 Å². The Hall–Kier alpha value is -1.00. The van der Waals surface area contributed by atoms with Crippen molar-refractivity contribution in [3.05, 3.63) is 35.4 Å². The first-order valence-corrected chi connectivity index (χ1v) is 5.33. The molecule has 1 aromatic carbocycles. The van der Waals surface area contributed by atoms with Gasteiger partial charge in [0.15, 0.2) is 6.29 Å². The highest BCUT2D eigenvalue weighted by atomic mass is 19.1. The largest absolute Gasteiger partial charge is 0.353 e. The second kappa shape index (κ2) is 6.55. The molecule has 4 heteroatoms. The Morgan fingerprint density at radius 3 is 1.94 bits per heavy atom. The van der Waals surface area contributed by atoms with Crippen molar-refractivity contribution in [2.24, 2.45) is 0 Å². The van der Waals surface area contributed by atoms with Crippen LogP contribution in [0.15, 0.2) is 18.2 Å². The molecule has 0 unspecified atom stereocenters. The number of ether oxygens (including phenoxy) is 2. The molecule has 0 bridgehead atoms. The molecule has 0 saturated heterocycles. The predicted molar refractivity (Wildman–Crippen MR) is 57.1 cm³/mol. The first-order valence-electron chi connectivity index (χ1n) is 5.33. The molecular weight excluding hydrogens is 214 g/mol. The van der Waals surface area contributed by atoms with Gasteiger partial charge in [0.2, 0.25) is 0 Å². The van der Waals surface area contributed by atoms with Crippen molar-refractivity contribution < 1.29 is 18.3 Å². The Bertz CT molecular complexity index is 303. The van der Waals surface area contributed by atoms with Gasteiger partial charge in [-0.05, 0) is 31.5 Å². The number of benzene rings is 1. The van der Waals surface area contributed by atoms with E-state index >= 15 is 0 Å². The van der Waals surface area contributed by atoms with E-state index < -0.39 is 17.9 Å². The molecule has 0 radical (unpaired) electrons. The van der Waals surface area contributed by atoms with Gasteiger partial charge in [-0.3, -0.25) is 0 Å². The predicted octanol–water partition coefficient (Wildman–Crippen LogP) is 2.91. The number of rotatable bonds is 6. The maximum atomic E-state index is 12.9. The third-order valence-corrected chi connectivity index (χ3v) is 2.03. The summed E-state index contributed by atoms with van der Waals surface area (Å²) in [6, 6.07) is 3.42. The Balaban J connectivity index is 2.68. The van der Waals surface area contributed by atoms with Gasteiger partial charge in [0, 0.05) is 25.7 Å². The molecule has 0 N–H and O–H groups in total. The molecule has 0 aromatic heterocycles. The number of halogens is 2. The average molecular weight is 230 g/mol. The fourth-order valence-electron chi connectivity index (χ4n) is 1.46. The first kappa shape index (κ1) is 13.1. The Labute approximate surface area is 94.2 Å². The van der Waals surface area contributed by atoms with Crippen molar-refractivity contribution in [3.63, 3.8) is 0 Å². The van der Waals surface area contributed by atoms with E-state index in [1.165, 1.54) is 12.1 Å². The summed E-state index contributed by atoms with van der Waals surface area (Å²) in [6.07, 6.45) is -0.104. The zero-order valence-electron chi connectivity index (χ0n) is 9.50. The SMILES string of the molecule is CCOC(Cc1cc(F)cc(F)c1)OCC. The van der Waals surface area contributed by atoms with Gasteiger partial charge in [-0.25, -0.2) is 8.78 Å². The summed E-state index contributed by atoms with van der Waals surface area (Å²) >= 11 is 0. The molecule has 0 saturated carbocycles. The average Bonchev–Trinajstić information content (AvgIpc) is 2.16. The zero-order valence-corrected chi connectivity index (χ0v) is 9.50. The number of hydrogen-bond acceptors (Lipinski definition) is 2. The molecule has 1 rings (SSSR count). The molecule has 16 heavy (non-hydrogen) atoms. The lowest BCUT2D eigenvalue weighted by molar-refractivity contribution is -0.134. The van der Waals surface area contributed by atoms with E-state index in [4.69, 9.17) is 9.47 Å². The van der Waals surface area contributed by atoms with E-state index in [2.05, 4.69) is 0 Å².